The summed E-state index contributed by atoms with van der Waals surface area (Å²) in [7, 11) is -2.41. The van der Waals surface area contributed by atoms with Gasteiger partial charge < -0.3 is 20.4 Å². The van der Waals surface area contributed by atoms with Crippen LogP contribution in [0.5, 0.6) is 0 Å². The van der Waals surface area contributed by atoms with Gasteiger partial charge in [0.1, 0.15) is 11.6 Å². The summed E-state index contributed by atoms with van der Waals surface area (Å²) in [5.74, 6) is 0.564. The van der Waals surface area contributed by atoms with Gasteiger partial charge in [-0.05, 0) is 38.0 Å². The summed E-state index contributed by atoms with van der Waals surface area (Å²) in [5, 5.41) is 5.70. The topological polar surface area (TPSA) is 151 Å². The van der Waals surface area contributed by atoms with Crippen LogP contribution in [0.15, 0.2) is 24.4 Å². The molecule has 3 aromatic rings. The van der Waals surface area contributed by atoms with Crippen molar-refractivity contribution in [3.63, 3.8) is 0 Å². The van der Waals surface area contributed by atoms with E-state index in [1.54, 1.807) is 19.2 Å². The van der Waals surface area contributed by atoms with Crippen molar-refractivity contribution in [1.82, 2.24) is 25.3 Å². The Kier molecular flexibility index (Phi) is 7.31. The Morgan fingerprint density at radius 3 is 2.75 bits per heavy atom. The molecule has 1 unspecified atom stereocenters. The Morgan fingerprint density at radius 1 is 1.33 bits per heavy atom. The number of rotatable bonds is 9. The van der Waals surface area contributed by atoms with E-state index in [0.717, 1.165) is 25.2 Å². The summed E-state index contributed by atoms with van der Waals surface area (Å²) >= 11 is 6.52. The SMILES string of the molecule is COC(=O)NC(C)CNc1nccc(-c2[nH]c(C3CC3)nc2-c2cc(F)cc(NS(C)(=O)=O)c2Cl)n1. The minimum atomic E-state index is -3.70. The van der Waals surface area contributed by atoms with Crippen molar-refractivity contribution in [3.8, 4) is 22.6 Å². The first-order valence-electron chi connectivity index (χ1n) is 11.0. The van der Waals surface area contributed by atoms with Crippen LogP contribution in [0.3, 0.4) is 0 Å². The van der Waals surface area contributed by atoms with E-state index >= 15 is 0 Å². The fourth-order valence-corrected chi connectivity index (χ4v) is 4.36. The van der Waals surface area contributed by atoms with Gasteiger partial charge in [-0.15, -0.1) is 0 Å². The molecule has 0 saturated heterocycles. The summed E-state index contributed by atoms with van der Waals surface area (Å²) in [6.07, 6.45) is 3.88. The fourth-order valence-electron chi connectivity index (χ4n) is 3.50. The van der Waals surface area contributed by atoms with Gasteiger partial charge in [-0.1, -0.05) is 11.6 Å². The number of hydrogen-bond donors (Lipinski definition) is 4. The lowest BCUT2D eigenvalue weighted by molar-refractivity contribution is 0.168. The Morgan fingerprint density at radius 2 is 2.08 bits per heavy atom. The maximum absolute atomic E-state index is 14.5. The average Bonchev–Trinajstić information content (AvgIpc) is 3.57. The maximum Gasteiger partial charge on any atom is 0.407 e. The lowest BCUT2D eigenvalue weighted by Gasteiger charge is -2.14. The van der Waals surface area contributed by atoms with Crippen LogP contribution in [0.25, 0.3) is 22.6 Å². The number of H-pyrrole nitrogens is 1. The molecule has 1 atom stereocenters. The van der Waals surface area contributed by atoms with Crippen LogP contribution in [0.1, 0.15) is 31.5 Å². The normalized spacial score (nSPS) is 14.2. The molecule has 192 valence electrons. The highest BCUT2D eigenvalue weighted by atomic mass is 35.5. The number of benzene rings is 1. The number of sulfonamides is 1. The predicted molar refractivity (Wildman–Crippen MR) is 134 cm³/mol. The molecule has 0 aliphatic heterocycles. The predicted octanol–water partition coefficient (Wildman–Crippen LogP) is 3.73. The molecule has 0 spiro atoms. The molecule has 14 heteroatoms. The van der Waals surface area contributed by atoms with Crippen molar-refractivity contribution < 1.29 is 22.3 Å². The number of carbonyl (C=O) groups is 1. The molecule has 2 aromatic heterocycles. The monoisotopic (exact) mass is 537 g/mol. The first-order valence-corrected chi connectivity index (χ1v) is 13.3. The zero-order chi connectivity index (χ0) is 26.0. The second-order valence-electron chi connectivity index (χ2n) is 8.49. The number of ether oxygens (including phenoxy) is 1. The molecule has 1 amide bonds. The van der Waals surface area contributed by atoms with Crippen molar-refractivity contribution in [2.45, 2.75) is 31.7 Å². The first-order chi connectivity index (χ1) is 17.0. The van der Waals surface area contributed by atoms with Crippen LogP contribution >= 0.6 is 11.6 Å². The molecule has 36 heavy (non-hydrogen) atoms. The third kappa shape index (κ3) is 6.21. The highest BCUT2D eigenvalue weighted by molar-refractivity contribution is 7.92. The number of imidazole rings is 1. The zero-order valence-electron chi connectivity index (χ0n) is 19.7. The van der Waals surface area contributed by atoms with Gasteiger partial charge in [0.15, 0.2) is 0 Å². The van der Waals surface area contributed by atoms with E-state index in [0.29, 0.717) is 35.4 Å². The Hall–Kier alpha value is -3.45. The minimum Gasteiger partial charge on any atom is -0.453 e. The Bertz CT molecular complexity index is 1400. The molecule has 2 heterocycles. The number of aromatic amines is 1. The van der Waals surface area contributed by atoms with Crippen molar-refractivity contribution >= 4 is 39.4 Å². The molecule has 4 N–H and O–H groups in total. The van der Waals surface area contributed by atoms with Crippen LogP contribution < -0.4 is 15.4 Å². The van der Waals surface area contributed by atoms with Crippen LogP contribution in [0.4, 0.5) is 20.8 Å². The number of nitrogens with one attached hydrogen (secondary N) is 4. The molecule has 0 bridgehead atoms. The molecule has 1 aromatic carbocycles. The Balaban J connectivity index is 1.70. The molecule has 1 saturated carbocycles. The van der Waals surface area contributed by atoms with E-state index in [9.17, 15) is 17.6 Å². The van der Waals surface area contributed by atoms with Gasteiger partial charge in [-0.3, -0.25) is 4.72 Å². The number of methoxy groups -OCH3 is 1. The summed E-state index contributed by atoms with van der Waals surface area (Å²) in [4.78, 5) is 28.1. The summed E-state index contributed by atoms with van der Waals surface area (Å²) in [5.41, 5.74) is 1.41. The van der Waals surface area contributed by atoms with Gasteiger partial charge in [0.25, 0.3) is 0 Å². The highest BCUT2D eigenvalue weighted by Crippen LogP contribution is 2.43. The zero-order valence-corrected chi connectivity index (χ0v) is 21.3. The molecular formula is C22H25ClFN7O4S. The van der Waals surface area contributed by atoms with E-state index in [-0.39, 0.29) is 28.2 Å². The second-order valence-corrected chi connectivity index (χ2v) is 10.6. The van der Waals surface area contributed by atoms with Crippen molar-refractivity contribution in [2.75, 3.05) is 29.9 Å². The van der Waals surface area contributed by atoms with Crippen LogP contribution in [-0.2, 0) is 14.8 Å². The lowest BCUT2D eigenvalue weighted by Crippen LogP contribution is -2.37. The van der Waals surface area contributed by atoms with Gasteiger partial charge in [0.05, 0.1) is 41.2 Å². The van der Waals surface area contributed by atoms with E-state index in [4.69, 9.17) is 11.6 Å². The van der Waals surface area contributed by atoms with Gasteiger partial charge >= 0.3 is 6.09 Å². The van der Waals surface area contributed by atoms with Crippen molar-refractivity contribution in [3.05, 3.63) is 41.1 Å². The van der Waals surface area contributed by atoms with Gasteiger partial charge in [-0.25, -0.2) is 32.6 Å². The summed E-state index contributed by atoms with van der Waals surface area (Å²) in [6, 6.07) is 3.61. The van der Waals surface area contributed by atoms with Crippen molar-refractivity contribution in [1.29, 1.82) is 0 Å². The van der Waals surface area contributed by atoms with E-state index in [2.05, 4.69) is 40.0 Å². The number of carbonyl (C=O) groups excluding carboxylic acids is 1. The van der Waals surface area contributed by atoms with Crippen molar-refractivity contribution in [2.24, 2.45) is 0 Å². The molecule has 11 nitrogen and oxygen atoms in total. The largest absolute Gasteiger partial charge is 0.453 e. The molecule has 1 aliphatic carbocycles. The molecule has 1 fully saturated rings. The average molecular weight is 538 g/mol. The van der Waals surface area contributed by atoms with Crippen LogP contribution in [0.2, 0.25) is 5.02 Å². The fraction of sp³-hybridized carbons (Fsp3) is 0.364. The molecular weight excluding hydrogens is 513 g/mol. The lowest BCUT2D eigenvalue weighted by atomic mass is 10.1. The van der Waals surface area contributed by atoms with Gasteiger partial charge in [0.2, 0.25) is 16.0 Å². The van der Waals surface area contributed by atoms with E-state index < -0.39 is 21.9 Å². The number of alkyl carbamates (subject to hydrolysis) is 1. The molecule has 1 aliphatic rings. The number of hydrogen-bond acceptors (Lipinski definition) is 8. The first kappa shape index (κ1) is 25.6. The third-order valence-electron chi connectivity index (χ3n) is 5.30. The number of amides is 1. The van der Waals surface area contributed by atoms with Crippen LogP contribution in [-0.4, -0.2) is 60.4 Å². The van der Waals surface area contributed by atoms with Crippen LogP contribution in [0, 0.1) is 5.82 Å². The number of halogens is 2. The smallest absolute Gasteiger partial charge is 0.407 e. The number of anilines is 2. The second kappa shape index (κ2) is 10.3. The quantitative estimate of drug-likeness (QED) is 0.322. The summed E-state index contributed by atoms with van der Waals surface area (Å²) in [6.45, 7) is 2.12. The maximum atomic E-state index is 14.5. The Labute approximate surface area is 212 Å². The standard InChI is InChI=1S/C22H25ClFN7O4S/c1-11(27-22(32)35-2)10-26-21-25-7-6-15(28-21)19-18(29-20(30-19)12-4-5-12)14-8-13(24)9-16(17(14)23)31-36(3,33)34/h6-9,11-12,31H,4-5,10H2,1-3H3,(H,27,32)(H,29,30)(H,25,26,28). The third-order valence-corrected chi connectivity index (χ3v) is 6.30. The van der Waals surface area contributed by atoms with Gasteiger partial charge in [0, 0.05) is 30.3 Å². The molecule has 4 rings (SSSR count). The summed E-state index contributed by atoms with van der Waals surface area (Å²) < 4.78 is 44.9. The molecule has 0 radical (unpaired) electrons. The highest BCUT2D eigenvalue weighted by Gasteiger charge is 2.30. The van der Waals surface area contributed by atoms with Gasteiger partial charge in [-0.2, -0.15) is 0 Å². The minimum absolute atomic E-state index is 0.00651. The number of aromatic nitrogens is 4. The van der Waals surface area contributed by atoms with E-state index in [1.807, 2.05) is 0 Å². The van der Waals surface area contributed by atoms with E-state index in [1.165, 1.54) is 13.2 Å². The number of nitrogens with zero attached hydrogens (tertiary/aromatic N) is 3.